The van der Waals surface area contributed by atoms with Gasteiger partial charge in [0, 0.05) is 5.56 Å². The van der Waals surface area contributed by atoms with Crippen LogP contribution in [0.2, 0.25) is 0 Å². The van der Waals surface area contributed by atoms with E-state index in [1.54, 1.807) is 6.92 Å². The lowest BCUT2D eigenvalue weighted by atomic mass is 9.80. The minimum Gasteiger partial charge on any atom is -0.321 e. The predicted octanol–water partition coefficient (Wildman–Crippen LogP) is 4.51. The quantitative estimate of drug-likeness (QED) is 0.814. The normalized spacial score (nSPS) is 16.5. The van der Waals surface area contributed by atoms with Crippen molar-refractivity contribution in [3.8, 4) is 11.1 Å². The lowest BCUT2D eigenvalue weighted by Gasteiger charge is -2.27. The van der Waals surface area contributed by atoms with Crippen LogP contribution < -0.4 is 5.30 Å². The molecule has 1 saturated carbocycles. The Morgan fingerprint density at radius 1 is 0.957 bits per heavy atom. The first-order chi connectivity index (χ1) is 11.0. The minimum absolute atomic E-state index is 0.201. The van der Waals surface area contributed by atoms with Gasteiger partial charge in [-0.15, -0.1) is 0 Å². The van der Waals surface area contributed by atoms with Crippen LogP contribution in [0.4, 0.5) is 0 Å². The smallest absolute Gasteiger partial charge is 0.321 e. The van der Waals surface area contributed by atoms with Gasteiger partial charge in [0.2, 0.25) is 0 Å². The molecular weight excluding hydrogens is 307 g/mol. The van der Waals surface area contributed by atoms with Gasteiger partial charge in [-0.05, 0) is 42.4 Å². The van der Waals surface area contributed by atoms with Crippen molar-refractivity contribution in [2.24, 2.45) is 0 Å². The van der Waals surface area contributed by atoms with Crippen LogP contribution in [-0.2, 0) is 4.57 Å². The molecule has 0 atom stereocenters. The number of benzene rings is 2. The van der Waals surface area contributed by atoms with E-state index in [0.717, 1.165) is 29.5 Å². The largest absolute Gasteiger partial charge is 0.357 e. The van der Waals surface area contributed by atoms with Crippen LogP contribution in [-0.4, -0.2) is 9.79 Å². The van der Waals surface area contributed by atoms with Gasteiger partial charge in [-0.3, -0.25) is 4.57 Å². The van der Waals surface area contributed by atoms with Crippen LogP contribution in [0.5, 0.6) is 0 Å². The van der Waals surface area contributed by atoms with Gasteiger partial charge in [-0.25, -0.2) is 0 Å². The maximum absolute atomic E-state index is 12.2. The molecule has 1 aliphatic carbocycles. The topological polar surface area (TPSA) is 57.5 Å². The first-order valence-electron chi connectivity index (χ1n) is 8.23. The Labute approximate surface area is 137 Å². The second-order valence-electron chi connectivity index (χ2n) is 6.44. The molecule has 23 heavy (non-hydrogen) atoms. The summed E-state index contributed by atoms with van der Waals surface area (Å²) in [5.74, 6) is 0.393. The van der Waals surface area contributed by atoms with E-state index >= 15 is 0 Å². The third kappa shape index (κ3) is 3.42. The highest BCUT2D eigenvalue weighted by Crippen LogP contribution is 2.44. The standard InChI is InChI=1S/C19H23O3P/c1-14-12-13-17(15-8-4-2-5-9-15)18(19(14)23(20,21)22)16-10-6-3-7-11-16/h3,6-7,10-13,15H,2,4-5,8-9H2,1H3,(H2,20,21,22). The molecule has 0 radical (unpaired) electrons. The van der Waals surface area contributed by atoms with Crippen molar-refractivity contribution in [3.63, 3.8) is 0 Å². The molecule has 0 aliphatic heterocycles. The molecule has 0 heterocycles. The van der Waals surface area contributed by atoms with E-state index in [1.807, 2.05) is 36.4 Å². The number of hydrogen-bond acceptors (Lipinski definition) is 1. The molecule has 2 N–H and O–H groups in total. The van der Waals surface area contributed by atoms with Gasteiger partial charge < -0.3 is 9.79 Å². The lowest BCUT2D eigenvalue weighted by molar-refractivity contribution is 0.387. The maximum atomic E-state index is 12.2. The van der Waals surface area contributed by atoms with Crippen molar-refractivity contribution in [3.05, 3.63) is 53.6 Å². The Hall–Kier alpha value is -1.41. The second-order valence-corrected chi connectivity index (χ2v) is 7.98. The van der Waals surface area contributed by atoms with E-state index in [4.69, 9.17) is 0 Å². The Bertz CT molecular complexity index is 728. The van der Waals surface area contributed by atoms with E-state index in [9.17, 15) is 14.4 Å². The highest BCUT2D eigenvalue weighted by atomic mass is 31.2. The van der Waals surface area contributed by atoms with Gasteiger partial charge in [0.15, 0.2) is 0 Å². The van der Waals surface area contributed by atoms with Crippen LogP contribution in [0.25, 0.3) is 11.1 Å². The zero-order chi connectivity index (χ0) is 16.4. The zero-order valence-electron chi connectivity index (χ0n) is 13.4. The second kappa shape index (κ2) is 6.60. The van der Waals surface area contributed by atoms with Gasteiger partial charge in [0.25, 0.3) is 0 Å². The SMILES string of the molecule is Cc1ccc(C2CCCCC2)c(-c2ccccc2)c1P(=O)(O)O. The molecule has 4 heteroatoms. The fourth-order valence-electron chi connectivity index (χ4n) is 3.75. The van der Waals surface area contributed by atoms with Crippen LogP contribution in [0.3, 0.4) is 0 Å². The van der Waals surface area contributed by atoms with Crippen molar-refractivity contribution in [1.29, 1.82) is 0 Å². The van der Waals surface area contributed by atoms with E-state index in [-0.39, 0.29) is 5.30 Å². The fraction of sp³-hybridized carbons (Fsp3) is 0.368. The first kappa shape index (κ1) is 16.4. The van der Waals surface area contributed by atoms with E-state index in [0.29, 0.717) is 11.5 Å². The molecule has 0 saturated heterocycles. The fourth-order valence-corrected chi connectivity index (χ4v) is 4.83. The number of hydrogen-bond donors (Lipinski definition) is 2. The van der Waals surface area contributed by atoms with Crippen molar-refractivity contribution < 1.29 is 14.4 Å². The van der Waals surface area contributed by atoms with Gasteiger partial charge >= 0.3 is 7.60 Å². The summed E-state index contributed by atoms with van der Waals surface area (Å²) in [5, 5.41) is 0.201. The van der Waals surface area contributed by atoms with Crippen molar-refractivity contribution in [2.75, 3.05) is 0 Å². The summed E-state index contributed by atoms with van der Waals surface area (Å²) in [5.41, 5.74) is 3.41. The number of rotatable bonds is 3. The first-order valence-corrected chi connectivity index (χ1v) is 9.85. The average molecular weight is 330 g/mol. The molecular formula is C19H23O3P. The van der Waals surface area contributed by atoms with Gasteiger partial charge in [-0.2, -0.15) is 0 Å². The molecule has 1 fully saturated rings. The van der Waals surface area contributed by atoms with Crippen molar-refractivity contribution in [1.82, 2.24) is 0 Å². The van der Waals surface area contributed by atoms with Crippen LogP contribution >= 0.6 is 7.60 Å². The average Bonchev–Trinajstić information content (AvgIpc) is 2.55. The molecule has 2 aromatic rings. The molecule has 0 bridgehead atoms. The summed E-state index contributed by atoms with van der Waals surface area (Å²) in [6.07, 6.45) is 5.84. The highest BCUT2D eigenvalue weighted by Gasteiger charge is 2.29. The maximum Gasteiger partial charge on any atom is 0.357 e. The van der Waals surface area contributed by atoms with Crippen LogP contribution in [0.1, 0.15) is 49.1 Å². The minimum atomic E-state index is -4.34. The molecule has 0 aromatic heterocycles. The molecule has 3 rings (SSSR count). The monoisotopic (exact) mass is 330 g/mol. The molecule has 3 nitrogen and oxygen atoms in total. The summed E-state index contributed by atoms with van der Waals surface area (Å²) >= 11 is 0. The molecule has 0 unspecified atom stereocenters. The van der Waals surface area contributed by atoms with Gasteiger partial charge in [-0.1, -0.05) is 61.7 Å². The van der Waals surface area contributed by atoms with Gasteiger partial charge in [0.05, 0.1) is 5.30 Å². The third-order valence-corrected chi connectivity index (χ3v) is 5.97. The highest BCUT2D eigenvalue weighted by molar-refractivity contribution is 7.60. The molecule has 122 valence electrons. The molecule has 1 aliphatic rings. The van der Waals surface area contributed by atoms with Crippen LogP contribution in [0, 0.1) is 6.92 Å². The summed E-state index contributed by atoms with van der Waals surface area (Å²) in [7, 11) is -4.34. The van der Waals surface area contributed by atoms with E-state index < -0.39 is 7.60 Å². The van der Waals surface area contributed by atoms with Gasteiger partial charge in [0.1, 0.15) is 0 Å². The van der Waals surface area contributed by atoms with E-state index in [1.165, 1.54) is 19.3 Å². The molecule has 2 aromatic carbocycles. The summed E-state index contributed by atoms with van der Waals surface area (Å²) in [6.45, 7) is 1.78. The summed E-state index contributed by atoms with van der Waals surface area (Å²) in [6, 6.07) is 13.6. The molecule has 0 amide bonds. The Kier molecular flexibility index (Phi) is 4.72. The Morgan fingerprint density at radius 3 is 2.22 bits per heavy atom. The predicted molar refractivity (Wildman–Crippen MR) is 94.1 cm³/mol. The van der Waals surface area contributed by atoms with Crippen LogP contribution in [0.15, 0.2) is 42.5 Å². The summed E-state index contributed by atoms with van der Waals surface area (Å²) in [4.78, 5) is 19.9. The Morgan fingerprint density at radius 2 is 1.61 bits per heavy atom. The van der Waals surface area contributed by atoms with Crippen molar-refractivity contribution in [2.45, 2.75) is 44.9 Å². The lowest BCUT2D eigenvalue weighted by Crippen LogP contribution is -2.17. The zero-order valence-corrected chi connectivity index (χ0v) is 14.3. The third-order valence-electron chi connectivity index (χ3n) is 4.81. The molecule has 0 spiro atoms. The summed E-state index contributed by atoms with van der Waals surface area (Å²) < 4.78 is 12.2. The van der Waals surface area contributed by atoms with E-state index in [2.05, 4.69) is 6.07 Å². The Balaban J connectivity index is 2.26. The van der Waals surface area contributed by atoms with Crippen molar-refractivity contribution >= 4 is 12.9 Å². The number of aryl methyl sites for hydroxylation is 1.